The molecule has 2 N–H and O–H groups in total. The van der Waals surface area contributed by atoms with E-state index in [2.05, 4.69) is 5.32 Å². The quantitative estimate of drug-likeness (QED) is 0.745. The average Bonchev–Trinajstić information content (AvgIpc) is 2.58. The van der Waals surface area contributed by atoms with Gasteiger partial charge in [0.15, 0.2) is 0 Å². The van der Waals surface area contributed by atoms with Crippen molar-refractivity contribution in [2.45, 2.75) is 13.0 Å². The Bertz CT molecular complexity index is 669. The molecule has 2 aromatic rings. The molecule has 0 heterocycles. The monoisotopic (exact) mass is 363 g/mol. The van der Waals surface area contributed by atoms with Gasteiger partial charge in [-0.1, -0.05) is 11.6 Å². The highest BCUT2D eigenvalue weighted by Crippen LogP contribution is 2.25. The van der Waals surface area contributed by atoms with Gasteiger partial charge in [0.1, 0.15) is 23.4 Å². The van der Waals surface area contributed by atoms with Crippen molar-refractivity contribution >= 4 is 17.6 Å². The molecular weight excluding hydrogens is 342 g/mol. The summed E-state index contributed by atoms with van der Waals surface area (Å²) in [5, 5.41) is 12.0. The number of rotatable bonds is 6. The second-order valence-corrected chi connectivity index (χ2v) is 5.48. The smallest absolute Gasteiger partial charge is 0.328 e. The molecule has 2 rings (SSSR count). The zero-order valence-corrected chi connectivity index (χ0v) is 15.2. The van der Waals surface area contributed by atoms with E-state index in [0.29, 0.717) is 22.3 Å². The minimum absolute atomic E-state index is 0.334. The molecule has 0 saturated heterocycles. The molecule has 134 valence electrons. The van der Waals surface area contributed by atoms with Crippen molar-refractivity contribution in [2.24, 2.45) is 0 Å². The van der Waals surface area contributed by atoms with Crippen LogP contribution in [0.3, 0.4) is 0 Å². The fraction of sp³-hybridized carbons (Fsp3) is 0.211. The maximum atomic E-state index is 10.4. The fourth-order valence-corrected chi connectivity index (χ4v) is 1.82. The van der Waals surface area contributed by atoms with Gasteiger partial charge >= 0.3 is 5.97 Å². The Balaban J connectivity index is 0.000000970. The third kappa shape index (κ3) is 8.79. The normalized spacial score (nSPS) is 11.4. The number of aliphatic carboxylic acids is 1. The lowest BCUT2D eigenvalue weighted by Gasteiger charge is -2.11. The molecule has 0 aliphatic heterocycles. The van der Waals surface area contributed by atoms with E-state index in [1.165, 1.54) is 6.08 Å². The zero-order chi connectivity index (χ0) is 18.7. The number of carbonyl (C=O) groups is 1. The summed E-state index contributed by atoms with van der Waals surface area (Å²) in [7, 11) is 3.75. The number of nitrogens with one attached hydrogen (secondary N) is 1. The van der Waals surface area contributed by atoms with E-state index in [1.54, 1.807) is 55.5 Å². The van der Waals surface area contributed by atoms with Gasteiger partial charge in [0.25, 0.3) is 0 Å². The maximum absolute atomic E-state index is 10.4. The molecular formula is C19H22ClNO4. The molecule has 0 aliphatic carbocycles. The van der Waals surface area contributed by atoms with Crippen LogP contribution in [0.2, 0.25) is 5.02 Å². The van der Waals surface area contributed by atoms with Gasteiger partial charge in [-0.3, -0.25) is 0 Å². The maximum Gasteiger partial charge on any atom is 0.328 e. The summed E-state index contributed by atoms with van der Waals surface area (Å²) in [4.78, 5) is 10.4. The molecule has 0 radical (unpaired) electrons. The summed E-state index contributed by atoms with van der Waals surface area (Å²) in [5.41, 5.74) is 0. The van der Waals surface area contributed by atoms with Gasteiger partial charge in [0, 0.05) is 11.1 Å². The highest BCUT2D eigenvalue weighted by molar-refractivity contribution is 6.30. The van der Waals surface area contributed by atoms with E-state index < -0.39 is 5.97 Å². The summed E-state index contributed by atoms with van der Waals surface area (Å²) in [6.07, 6.45) is 2.20. The van der Waals surface area contributed by atoms with Crippen molar-refractivity contribution in [2.75, 3.05) is 14.1 Å². The van der Waals surface area contributed by atoms with Gasteiger partial charge < -0.3 is 19.9 Å². The topological polar surface area (TPSA) is 67.8 Å². The molecule has 0 aromatic heterocycles. The van der Waals surface area contributed by atoms with Gasteiger partial charge in [-0.25, -0.2) is 4.79 Å². The van der Waals surface area contributed by atoms with Crippen molar-refractivity contribution in [3.8, 4) is 17.2 Å². The number of hydrogen-bond acceptors (Lipinski definition) is 4. The first kappa shape index (κ1) is 20.5. The Hall–Kier alpha value is -2.50. The van der Waals surface area contributed by atoms with Crippen LogP contribution in [0.5, 0.6) is 17.2 Å². The molecule has 0 saturated carbocycles. The molecule has 0 amide bonds. The molecule has 0 aliphatic rings. The van der Waals surface area contributed by atoms with Crippen molar-refractivity contribution < 1.29 is 19.4 Å². The van der Waals surface area contributed by atoms with Crippen LogP contribution in [0.25, 0.3) is 0 Å². The molecule has 2 aromatic carbocycles. The van der Waals surface area contributed by atoms with Gasteiger partial charge in [0.2, 0.25) is 0 Å². The van der Waals surface area contributed by atoms with Crippen LogP contribution in [0.4, 0.5) is 0 Å². The lowest BCUT2D eigenvalue weighted by Crippen LogP contribution is -2.08. The summed E-state index contributed by atoms with van der Waals surface area (Å²) < 4.78 is 11.2. The Morgan fingerprint density at radius 2 is 1.48 bits per heavy atom. The van der Waals surface area contributed by atoms with E-state index in [9.17, 15) is 4.79 Å². The Labute approximate surface area is 152 Å². The predicted molar refractivity (Wildman–Crippen MR) is 99.8 cm³/mol. The van der Waals surface area contributed by atoms with Gasteiger partial charge in [-0.05, 0) is 75.6 Å². The number of carboxylic acids is 1. The molecule has 1 unspecified atom stereocenters. The number of ether oxygens (including phenoxy) is 2. The van der Waals surface area contributed by atoms with E-state index >= 15 is 0 Å². The lowest BCUT2D eigenvalue weighted by atomic mass is 10.3. The van der Waals surface area contributed by atoms with E-state index in [4.69, 9.17) is 26.2 Å². The van der Waals surface area contributed by atoms with Crippen LogP contribution in [0.1, 0.15) is 6.92 Å². The van der Waals surface area contributed by atoms with Crippen molar-refractivity contribution in [3.05, 3.63) is 65.7 Å². The third-order valence-corrected chi connectivity index (χ3v) is 2.96. The second kappa shape index (κ2) is 11.1. The summed E-state index contributed by atoms with van der Waals surface area (Å²) in [6.45, 7) is 1.76. The molecule has 6 heteroatoms. The van der Waals surface area contributed by atoms with Crippen LogP contribution in [0.15, 0.2) is 60.7 Å². The number of carboxylic acid groups (broad SMARTS) is 1. The highest BCUT2D eigenvalue weighted by Gasteiger charge is 2.02. The van der Waals surface area contributed by atoms with Gasteiger partial charge in [-0.15, -0.1) is 0 Å². The van der Waals surface area contributed by atoms with E-state index in [0.717, 1.165) is 6.08 Å². The standard InChI is InChI=1S/C17H15ClO4.C2H7N/c1-12(2-11-17(19)20)21-14-7-9-16(10-8-14)22-15-5-3-13(18)4-6-15;1-3-2/h2-12H,1H3,(H,19,20);3H,1-2H3/b11-2+;. The Morgan fingerprint density at radius 3 is 1.96 bits per heavy atom. The van der Waals surface area contributed by atoms with Gasteiger partial charge in [-0.2, -0.15) is 0 Å². The van der Waals surface area contributed by atoms with Crippen LogP contribution in [-0.2, 0) is 4.79 Å². The summed E-state index contributed by atoms with van der Waals surface area (Å²) >= 11 is 5.81. The van der Waals surface area contributed by atoms with Crippen LogP contribution in [-0.4, -0.2) is 31.3 Å². The third-order valence-electron chi connectivity index (χ3n) is 2.70. The first-order chi connectivity index (χ1) is 11.9. The molecule has 0 bridgehead atoms. The predicted octanol–water partition coefficient (Wildman–Crippen LogP) is 4.38. The lowest BCUT2D eigenvalue weighted by molar-refractivity contribution is -0.131. The molecule has 0 fully saturated rings. The molecule has 5 nitrogen and oxygen atoms in total. The number of hydrogen-bond donors (Lipinski definition) is 2. The highest BCUT2D eigenvalue weighted by atomic mass is 35.5. The number of benzene rings is 2. The molecule has 1 atom stereocenters. The molecule has 0 spiro atoms. The van der Waals surface area contributed by atoms with E-state index in [-0.39, 0.29) is 6.10 Å². The van der Waals surface area contributed by atoms with Crippen molar-refractivity contribution in [1.29, 1.82) is 0 Å². The average molecular weight is 364 g/mol. The summed E-state index contributed by atoms with van der Waals surface area (Å²) in [5.74, 6) is 0.993. The van der Waals surface area contributed by atoms with Crippen LogP contribution < -0.4 is 14.8 Å². The minimum atomic E-state index is -0.998. The number of halogens is 1. The van der Waals surface area contributed by atoms with Gasteiger partial charge in [0.05, 0.1) is 0 Å². The second-order valence-electron chi connectivity index (χ2n) is 5.05. The first-order valence-electron chi connectivity index (χ1n) is 7.64. The van der Waals surface area contributed by atoms with Crippen molar-refractivity contribution in [1.82, 2.24) is 5.32 Å². The van der Waals surface area contributed by atoms with E-state index in [1.807, 2.05) is 14.1 Å². The van der Waals surface area contributed by atoms with Crippen LogP contribution in [0, 0.1) is 0 Å². The SMILES string of the molecule is CC(/C=C/C(=O)O)Oc1ccc(Oc2ccc(Cl)cc2)cc1.CNC. The zero-order valence-electron chi connectivity index (χ0n) is 14.4. The minimum Gasteiger partial charge on any atom is -0.487 e. The summed E-state index contributed by atoms with van der Waals surface area (Å²) in [6, 6.07) is 14.1. The van der Waals surface area contributed by atoms with Crippen molar-refractivity contribution in [3.63, 3.8) is 0 Å². The first-order valence-corrected chi connectivity index (χ1v) is 8.02. The Kier molecular flexibility index (Phi) is 9.14. The Morgan fingerprint density at radius 1 is 1.04 bits per heavy atom. The fourth-order valence-electron chi connectivity index (χ4n) is 1.70. The van der Waals surface area contributed by atoms with Crippen LogP contribution >= 0.6 is 11.6 Å². The molecule has 25 heavy (non-hydrogen) atoms. The largest absolute Gasteiger partial charge is 0.487 e.